The van der Waals surface area contributed by atoms with Gasteiger partial charge in [-0.3, -0.25) is 4.79 Å². The molecule has 5 rings (SSSR count). The van der Waals surface area contributed by atoms with Gasteiger partial charge in [0.25, 0.3) is 5.91 Å². The smallest absolute Gasteiger partial charge is 0.264 e. The van der Waals surface area contributed by atoms with Crippen LogP contribution in [0.15, 0.2) is 94.8 Å². The number of aliphatic imine (C=N–C) groups is 1. The van der Waals surface area contributed by atoms with E-state index in [4.69, 9.17) is 16.3 Å². The molecule has 0 radical (unpaired) electrons. The lowest BCUT2D eigenvalue weighted by Crippen LogP contribution is -2.19. The van der Waals surface area contributed by atoms with Gasteiger partial charge in [0.05, 0.1) is 10.6 Å². The summed E-state index contributed by atoms with van der Waals surface area (Å²) in [6.45, 7) is 0.363. The topological polar surface area (TPSA) is 50.7 Å². The lowest BCUT2D eigenvalue weighted by molar-refractivity contribution is -0.115. The van der Waals surface area contributed by atoms with Gasteiger partial charge in [-0.15, -0.1) is 0 Å². The molecule has 0 atom stereocenters. The van der Waals surface area contributed by atoms with Gasteiger partial charge in [-0.1, -0.05) is 54.1 Å². The highest BCUT2D eigenvalue weighted by Gasteiger charge is 2.25. The first-order valence-corrected chi connectivity index (χ1v) is 11.7. The zero-order valence-corrected chi connectivity index (χ0v) is 19.4. The maximum atomic E-state index is 13.2. The molecule has 0 unspecified atom stereocenters. The molecule has 1 heterocycles. The monoisotopic (exact) mass is 488 g/mol. The van der Waals surface area contributed by atoms with Crippen molar-refractivity contribution in [2.24, 2.45) is 4.99 Å². The van der Waals surface area contributed by atoms with Gasteiger partial charge < -0.3 is 10.1 Å². The average Bonchev–Trinajstić information content (AvgIpc) is 3.19. The molecule has 1 amide bonds. The molecule has 34 heavy (non-hydrogen) atoms. The zero-order chi connectivity index (χ0) is 23.5. The Balaban J connectivity index is 1.47. The van der Waals surface area contributed by atoms with Crippen molar-refractivity contribution in [1.29, 1.82) is 0 Å². The second kappa shape index (κ2) is 9.71. The SMILES string of the molecule is O=C1NC(=Nc2ccc(F)cc2)S/C1=C/c1c(OCc2ccc(Cl)cc2)ccc2ccccc12. The number of nitrogens with one attached hydrogen (secondary N) is 1. The molecule has 4 aromatic rings. The quantitative estimate of drug-likeness (QED) is 0.305. The molecule has 0 aromatic heterocycles. The number of thioether (sulfide) groups is 1. The molecule has 1 fully saturated rings. The minimum atomic E-state index is -0.338. The predicted molar refractivity (Wildman–Crippen MR) is 137 cm³/mol. The second-order valence-electron chi connectivity index (χ2n) is 7.57. The van der Waals surface area contributed by atoms with Crippen LogP contribution in [0.4, 0.5) is 10.1 Å². The average molecular weight is 489 g/mol. The Bertz CT molecular complexity index is 1430. The van der Waals surface area contributed by atoms with E-state index in [1.165, 1.54) is 23.9 Å². The van der Waals surface area contributed by atoms with E-state index < -0.39 is 0 Å². The van der Waals surface area contributed by atoms with Crippen molar-refractivity contribution in [2.45, 2.75) is 6.61 Å². The van der Waals surface area contributed by atoms with Crippen LogP contribution >= 0.6 is 23.4 Å². The number of ether oxygens (including phenoxy) is 1. The van der Waals surface area contributed by atoms with Gasteiger partial charge in [0.2, 0.25) is 0 Å². The molecule has 1 aliphatic rings. The summed E-state index contributed by atoms with van der Waals surface area (Å²) in [5.74, 6) is 0.0793. The molecule has 1 saturated heterocycles. The van der Waals surface area contributed by atoms with E-state index in [-0.39, 0.29) is 11.7 Å². The van der Waals surface area contributed by atoms with E-state index in [0.29, 0.717) is 33.1 Å². The van der Waals surface area contributed by atoms with Crippen LogP contribution < -0.4 is 10.1 Å². The van der Waals surface area contributed by atoms with Crippen molar-refractivity contribution in [2.75, 3.05) is 0 Å². The molecule has 4 aromatic carbocycles. The van der Waals surface area contributed by atoms with Crippen LogP contribution in [0.3, 0.4) is 0 Å². The van der Waals surface area contributed by atoms with Crippen LogP contribution in [0.5, 0.6) is 5.75 Å². The summed E-state index contributed by atoms with van der Waals surface area (Å²) in [5, 5.41) is 5.89. The molecule has 7 heteroatoms. The highest BCUT2D eigenvalue weighted by Crippen LogP contribution is 2.35. The Morgan fingerprint density at radius 1 is 0.971 bits per heavy atom. The van der Waals surface area contributed by atoms with Crippen LogP contribution in [-0.4, -0.2) is 11.1 Å². The molecule has 0 aliphatic carbocycles. The lowest BCUT2D eigenvalue weighted by Gasteiger charge is -2.13. The van der Waals surface area contributed by atoms with E-state index in [9.17, 15) is 9.18 Å². The first-order valence-electron chi connectivity index (χ1n) is 10.5. The fourth-order valence-electron chi connectivity index (χ4n) is 3.54. The summed E-state index contributed by atoms with van der Waals surface area (Å²) in [6, 6.07) is 25.1. The summed E-state index contributed by atoms with van der Waals surface area (Å²) in [4.78, 5) is 17.6. The van der Waals surface area contributed by atoms with Crippen molar-refractivity contribution in [3.63, 3.8) is 0 Å². The lowest BCUT2D eigenvalue weighted by atomic mass is 10.0. The third-order valence-electron chi connectivity index (χ3n) is 5.22. The normalized spacial score (nSPS) is 15.8. The maximum Gasteiger partial charge on any atom is 0.264 e. The molecule has 0 bridgehead atoms. The number of halogens is 2. The van der Waals surface area contributed by atoms with E-state index in [1.807, 2.05) is 66.7 Å². The summed E-state index contributed by atoms with van der Waals surface area (Å²) in [7, 11) is 0. The highest BCUT2D eigenvalue weighted by molar-refractivity contribution is 8.18. The Labute approximate surface area is 205 Å². The largest absolute Gasteiger partial charge is 0.488 e. The van der Waals surface area contributed by atoms with Gasteiger partial charge in [0, 0.05) is 10.6 Å². The van der Waals surface area contributed by atoms with E-state index in [2.05, 4.69) is 10.3 Å². The van der Waals surface area contributed by atoms with Crippen molar-refractivity contribution in [1.82, 2.24) is 5.32 Å². The number of carbonyl (C=O) groups is 1. The summed E-state index contributed by atoms with van der Waals surface area (Å²) in [6.07, 6.45) is 1.83. The van der Waals surface area contributed by atoms with Crippen molar-refractivity contribution in [3.05, 3.63) is 112 Å². The third kappa shape index (κ3) is 4.98. The van der Waals surface area contributed by atoms with Crippen LogP contribution in [-0.2, 0) is 11.4 Å². The minimum absolute atomic E-state index is 0.248. The van der Waals surface area contributed by atoms with E-state index >= 15 is 0 Å². The van der Waals surface area contributed by atoms with Crippen molar-refractivity contribution >= 4 is 57.0 Å². The fraction of sp³-hybridized carbons (Fsp3) is 0.0370. The van der Waals surface area contributed by atoms with Crippen molar-refractivity contribution in [3.8, 4) is 5.75 Å². The van der Waals surface area contributed by atoms with Gasteiger partial charge in [-0.2, -0.15) is 0 Å². The molecule has 0 saturated carbocycles. The number of amidine groups is 1. The van der Waals surface area contributed by atoms with E-state index in [0.717, 1.165) is 21.9 Å². The zero-order valence-electron chi connectivity index (χ0n) is 17.8. The van der Waals surface area contributed by atoms with Crippen LogP contribution in [0.1, 0.15) is 11.1 Å². The number of carbonyl (C=O) groups excluding carboxylic acids is 1. The predicted octanol–water partition coefficient (Wildman–Crippen LogP) is 7.10. The summed E-state index contributed by atoms with van der Waals surface area (Å²) < 4.78 is 19.3. The number of nitrogens with zero attached hydrogens (tertiary/aromatic N) is 1. The molecular weight excluding hydrogens is 471 g/mol. The molecule has 168 valence electrons. The second-order valence-corrected chi connectivity index (χ2v) is 9.04. The molecule has 0 spiro atoms. The Morgan fingerprint density at radius 3 is 2.53 bits per heavy atom. The standard InChI is InChI=1S/C27H18ClFN2O2S/c28-19-8-5-17(6-9-19)16-33-24-14-7-18-3-1-2-4-22(18)23(24)15-25-26(32)31-27(34-25)30-21-12-10-20(29)11-13-21/h1-15H,16H2,(H,30,31,32)/b25-15+. The van der Waals surface area contributed by atoms with Gasteiger partial charge in [-0.05, 0) is 76.6 Å². The Kier molecular flexibility index (Phi) is 6.34. The summed E-state index contributed by atoms with van der Waals surface area (Å²) >= 11 is 7.22. The molecule has 4 nitrogen and oxygen atoms in total. The number of rotatable bonds is 5. The number of hydrogen-bond donors (Lipinski definition) is 1. The first kappa shape index (κ1) is 22.2. The van der Waals surface area contributed by atoms with Gasteiger partial charge in [0.15, 0.2) is 5.17 Å². The number of amides is 1. The number of hydrogen-bond acceptors (Lipinski definition) is 4. The van der Waals surface area contributed by atoms with Crippen LogP contribution in [0.25, 0.3) is 16.8 Å². The van der Waals surface area contributed by atoms with E-state index in [1.54, 1.807) is 12.1 Å². The van der Waals surface area contributed by atoms with Gasteiger partial charge >= 0.3 is 0 Å². The number of benzene rings is 4. The molecule has 1 N–H and O–H groups in total. The van der Waals surface area contributed by atoms with Crippen molar-refractivity contribution < 1.29 is 13.9 Å². The minimum Gasteiger partial charge on any atom is -0.488 e. The van der Waals surface area contributed by atoms with Crippen LogP contribution in [0, 0.1) is 5.82 Å². The molecule has 1 aliphatic heterocycles. The fourth-order valence-corrected chi connectivity index (χ4v) is 4.49. The van der Waals surface area contributed by atoms with Gasteiger partial charge in [0.1, 0.15) is 18.2 Å². The molecular formula is C27H18ClFN2O2S. The third-order valence-corrected chi connectivity index (χ3v) is 6.38. The van der Waals surface area contributed by atoms with Gasteiger partial charge in [-0.25, -0.2) is 9.38 Å². The highest BCUT2D eigenvalue weighted by atomic mass is 35.5. The first-order chi connectivity index (χ1) is 16.5. The maximum absolute atomic E-state index is 13.2. The Morgan fingerprint density at radius 2 is 1.74 bits per heavy atom. The van der Waals surface area contributed by atoms with Crippen LogP contribution in [0.2, 0.25) is 5.02 Å². The Hall–Kier alpha value is -3.61. The number of fused-ring (bicyclic) bond motifs is 1. The summed E-state index contributed by atoms with van der Waals surface area (Å²) in [5.41, 5.74) is 2.35.